The maximum atomic E-state index is 11.5. The fourth-order valence-corrected chi connectivity index (χ4v) is 3.36. The summed E-state index contributed by atoms with van der Waals surface area (Å²) in [5.41, 5.74) is -0.323. The van der Waals surface area contributed by atoms with Gasteiger partial charge in [0.15, 0.2) is 0 Å². The zero-order valence-corrected chi connectivity index (χ0v) is 17.0. The van der Waals surface area contributed by atoms with Gasteiger partial charge in [-0.05, 0) is 25.1 Å². The molecule has 0 aliphatic heterocycles. The van der Waals surface area contributed by atoms with Gasteiger partial charge in [-0.15, -0.1) is 0 Å². The van der Waals surface area contributed by atoms with Crippen LogP contribution < -0.4 is 10.6 Å². The molecule has 26 heavy (non-hydrogen) atoms. The number of nitrogens with one attached hydrogen (secondary N) is 2. The minimum Gasteiger partial charge on any atom is -0.354 e. The third-order valence-corrected chi connectivity index (χ3v) is 5.35. The summed E-state index contributed by atoms with van der Waals surface area (Å²) in [7, 11) is -9.27. The van der Waals surface area contributed by atoms with Gasteiger partial charge in [0.05, 0.1) is 15.0 Å². The molecular weight excluding hydrogens is 501 g/mol. The van der Waals surface area contributed by atoms with Gasteiger partial charge in [-0.3, -0.25) is 9.11 Å². The van der Waals surface area contributed by atoms with Crippen molar-refractivity contribution in [1.82, 2.24) is 15.0 Å². The fraction of sp³-hybridized carbons (Fsp3) is 0.250. The monoisotopic (exact) mass is 515 g/mol. The van der Waals surface area contributed by atoms with Crippen LogP contribution in [0.1, 0.15) is 12.7 Å². The summed E-state index contributed by atoms with van der Waals surface area (Å²) < 4.78 is 64.6. The van der Waals surface area contributed by atoms with E-state index in [9.17, 15) is 21.4 Å². The van der Waals surface area contributed by atoms with Crippen molar-refractivity contribution in [2.24, 2.45) is 0 Å². The average molecular weight is 515 g/mol. The van der Waals surface area contributed by atoms with Gasteiger partial charge in [0.25, 0.3) is 20.2 Å². The van der Waals surface area contributed by atoms with Crippen molar-refractivity contribution in [1.29, 1.82) is 0 Å². The van der Waals surface area contributed by atoms with E-state index < -0.39 is 30.0 Å². The first-order chi connectivity index (χ1) is 12.0. The lowest BCUT2D eigenvalue weighted by Gasteiger charge is -2.12. The van der Waals surface area contributed by atoms with Crippen LogP contribution in [0.5, 0.6) is 0 Å². The molecule has 0 fully saturated rings. The van der Waals surface area contributed by atoms with Gasteiger partial charge in [-0.1, -0.05) is 22.6 Å². The number of nitrogens with zero attached hydrogens (tertiary/aromatic N) is 3. The zero-order valence-electron chi connectivity index (χ0n) is 13.2. The van der Waals surface area contributed by atoms with Crippen LogP contribution >= 0.6 is 22.6 Å². The van der Waals surface area contributed by atoms with E-state index >= 15 is 0 Å². The second kappa shape index (κ2) is 7.95. The van der Waals surface area contributed by atoms with Gasteiger partial charge in [0.2, 0.25) is 11.9 Å². The SMILES string of the molecule is CCNc1nc(CI)nc(Nc2cc(S(=O)(=O)O)ccc2S(=O)(=O)O)n1. The Morgan fingerprint density at radius 2 is 1.69 bits per heavy atom. The summed E-state index contributed by atoms with van der Waals surface area (Å²) in [6.45, 7) is 2.35. The van der Waals surface area contributed by atoms with E-state index in [1.165, 1.54) is 0 Å². The Morgan fingerprint density at radius 1 is 1.04 bits per heavy atom. The molecule has 4 N–H and O–H groups in total. The van der Waals surface area contributed by atoms with Crippen molar-refractivity contribution in [2.45, 2.75) is 21.1 Å². The van der Waals surface area contributed by atoms with Crippen LogP contribution in [-0.2, 0) is 24.7 Å². The van der Waals surface area contributed by atoms with Crippen LogP contribution in [-0.4, -0.2) is 47.4 Å². The Hall–Kier alpha value is -1.62. The van der Waals surface area contributed by atoms with E-state index in [1.54, 1.807) is 0 Å². The lowest BCUT2D eigenvalue weighted by Crippen LogP contribution is -2.11. The van der Waals surface area contributed by atoms with Crippen LogP contribution in [0, 0.1) is 0 Å². The smallest absolute Gasteiger partial charge is 0.296 e. The summed E-state index contributed by atoms with van der Waals surface area (Å²) in [6.07, 6.45) is 0. The average Bonchev–Trinajstić information content (AvgIpc) is 2.53. The Morgan fingerprint density at radius 3 is 2.23 bits per heavy atom. The lowest BCUT2D eigenvalue weighted by molar-refractivity contribution is 0.479. The minimum atomic E-state index is -4.68. The molecule has 2 aromatic rings. The maximum Gasteiger partial charge on any atom is 0.296 e. The summed E-state index contributed by atoms with van der Waals surface area (Å²) in [6, 6.07) is 2.53. The highest BCUT2D eigenvalue weighted by atomic mass is 127. The molecule has 0 radical (unpaired) electrons. The summed E-state index contributed by atoms with van der Waals surface area (Å²) >= 11 is 2.02. The molecule has 0 atom stereocenters. The second-order valence-corrected chi connectivity index (χ2v) is 8.37. The van der Waals surface area contributed by atoms with Gasteiger partial charge in [0.1, 0.15) is 10.7 Å². The van der Waals surface area contributed by atoms with E-state index in [-0.39, 0.29) is 17.6 Å². The second-order valence-electron chi connectivity index (χ2n) is 4.80. The predicted molar refractivity (Wildman–Crippen MR) is 101 cm³/mol. The van der Waals surface area contributed by atoms with Gasteiger partial charge in [-0.2, -0.15) is 31.8 Å². The van der Waals surface area contributed by atoms with Crippen LogP contribution in [0.15, 0.2) is 28.0 Å². The molecule has 0 aliphatic rings. The van der Waals surface area contributed by atoms with Gasteiger partial charge in [-0.25, -0.2) is 0 Å². The Bertz CT molecular complexity index is 1030. The minimum absolute atomic E-state index is 0.0694. The highest BCUT2D eigenvalue weighted by Gasteiger charge is 2.20. The third kappa shape index (κ3) is 5.19. The first-order valence-electron chi connectivity index (χ1n) is 6.95. The molecule has 0 aliphatic carbocycles. The summed E-state index contributed by atoms with van der Waals surface area (Å²) in [5.74, 6) is 0.550. The number of hydrogen-bond acceptors (Lipinski definition) is 9. The Labute approximate surface area is 163 Å². The highest BCUT2D eigenvalue weighted by molar-refractivity contribution is 14.1. The first-order valence-corrected chi connectivity index (χ1v) is 11.4. The van der Waals surface area contributed by atoms with Crippen molar-refractivity contribution in [3.05, 3.63) is 24.0 Å². The molecule has 0 unspecified atom stereocenters. The van der Waals surface area contributed by atoms with Crippen molar-refractivity contribution in [2.75, 3.05) is 17.2 Å². The van der Waals surface area contributed by atoms with Crippen molar-refractivity contribution >= 4 is 60.4 Å². The molecule has 1 aromatic carbocycles. The number of aromatic nitrogens is 3. The van der Waals surface area contributed by atoms with Crippen LogP contribution in [0.2, 0.25) is 0 Å². The van der Waals surface area contributed by atoms with Crippen LogP contribution in [0.3, 0.4) is 0 Å². The quantitative estimate of drug-likeness (QED) is 0.239. The largest absolute Gasteiger partial charge is 0.354 e. The topological polar surface area (TPSA) is 171 Å². The molecule has 0 bridgehead atoms. The number of hydrogen-bond donors (Lipinski definition) is 4. The molecule has 142 valence electrons. The summed E-state index contributed by atoms with van der Waals surface area (Å²) in [4.78, 5) is 11.1. The first kappa shape index (κ1) is 20.7. The third-order valence-electron chi connectivity index (χ3n) is 2.91. The van der Waals surface area contributed by atoms with Crippen molar-refractivity contribution in [3.63, 3.8) is 0 Å². The number of halogens is 1. The van der Waals surface area contributed by atoms with Crippen molar-refractivity contribution < 1.29 is 25.9 Å². The molecule has 11 nitrogen and oxygen atoms in total. The molecule has 0 saturated carbocycles. The molecule has 14 heteroatoms. The number of alkyl halides is 1. The van der Waals surface area contributed by atoms with E-state index in [0.717, 1.165) is 18.2 Å². The van der Waals surface area contributed by atoms with E-state index in [2.05, 4.69) is 25.6 Å². The highest BCUT2D eigenvalue weighted by Crippen LogP contribution is 2.27. The zero-order chi connectivity index (χ0) is 19.5. The Kier molecular flexibility index (Phi) is 6.33. The predicted octanol–water partition coefficient (Wildman–Crippen LogP) is 1.48. The maximum absolute atomic E-state index is 11.5. The molecule has 0 saturated heterocycles. The van der Waals surface area contributed by atoms with Gasteiger partial charge in [0, 0.05) is 6.54 Å². The summed E-state index contributed by atoms with van der Waals surface area (Å²) in [5, 5.41) is 5.42. The molecule has 1 aromatic heterocycles. The number of rotatable bonds is 7. The van der Waals surface area contributed by atoms with Gasteiger partial charge < -0.3 is 10.6 Å². The van der Waals surface area contributed by atoms with E-state index in [0.29, 0.717) is 16.8 Å². The number of benzene rings is 1. The van der Waals surface area contributed by atoms with Crippen LogP contribution in [0.4, 0.5) is 17.6 Å². The normalized spacial score (nSPS) is 12.0. The Balaban J connectivity index is 2.59. The fourth-order valence-electron chi connectivity index (χ4n) is 1.89. The number of anilines is 3. The standard InChI is InChI=1S/C12H14IN5O6S2/c1-2-14-11-16-10(6-13)17-12(18-11)15-8-5-7(25(19,20)21)3-4-9(8)26(22,23)24/h3-5H,2,6H2,1H3,(H,19,20,21)(H,22,23,24)(H2,14,15,16,17,18). The van der Waals surface area contributed by atoms with E-state index in [4.69, 9.17) is 4.55 Å². The molecule has 2 rings (SSSR count). The molecular formula is C12H14IN5O6S2. The van der Waals surface area contributed by atoms with Crippen molar-refractivity contribution in [3.8, 4) is 0 Å². The molecule has 0 spiro atoms. The van der Waals surface area contributed by atoms with Gasteiger partial charge >= 0.3 is 0 Å². The van der Waals surface area contributed by atoms with Crippen LogP contribution in [0.25, 0.3) is 0 Å². The molecule has 0 amide bonds. The molecule has 1 heterocycles. The van der Waals surface area contributed by atoms with E-state index in [1.807, 2.05) is 29.5 Å². The lowest BCUT2D eigenvalue weighted by atomic mass is 10.3.